The molecule has 6 heteroatoms. The number of ether oxygens (including phenoxy) is 2. The number of benzene rings is 2. The lowest BCUT2D eigenvalue weighted by Crippen LogP contribution is -2.44. The maximum absolute atomic E-state index is 13.1. The Morgan fingerprint density at radius 2 is 2.00 bits per heavy atom. The van der Waals surface area contributed by atoms with E-state index in [2.05, 4.69) is 4.90 Å². The SMILES string of the molecule is COc1ccccc1CN(C)C(=O)CN1CCOC(c2ccc(F)cc2)C1. The van der Waals surface area contributed by atoms with Crippen LogP contribution in [0, 0.1) is 5.82 Å². The molecule has 1 saturated heterocycles. The second-order valence-electron chi connectivity index (χ2n) is 6.71. The number of para-hydroxylation sites is 1. The molecular formula is C21H25FN2O3. The molecule has 0 saturated carbocycles. The number of likely N-dealkylation sites (N-methyl/N-ethyl adjacent to an activating group) is 1. The molecule has 2 aromatic carbocycles. The topological polar surface area (TPSA) is 42.0 Å². The lowest BCUT2D eigenvalue weighted by atomic mass is 10.1. The molecule has 144 valence electrons. The van der Waals surface area contributed by atoms with E-state index in [9.17, 15) is 9.18 Å². The Bertz CT molecular complexity index is 766. The van der Waals surface area contributed by atoms with Gasteiger partial charge in [0.05, 0.1) is 26.4 Å². The van der Waals surface area contributed by atoms with E-state index < -0.39 is 0 Å². The van der Waals surface area contributed by atoms with Crippen molar-refractivity contribution in [2.24, 2.45) is 0 Å². The van der Waals surface area contributed by atoms with Crippen molar-refractivity contribution in [2.75, 3.05) is 40.4 Å². The summed E-state index contributed by atoms with van der Waals surface area (Å²) in [5, 5.41) is 0. The maximum Gasteiger partial charge on any atom is 0.236 e. The fourth-order valence-corrected chi connectivity index (χ4v) is 3.21. The van der Waals surface area contributed by atoms with Crippen molar-refractivity contribution in [2.45, 2.75) is 12.6 Å². The van der Waals surface area contributed by atoms with Gasteiger partial charge in [-0.2, -0.15) is 0 Å². The molecular weight excluding hydrogens is 347 g/mol. The lowest BCUT2D eigenvalue weighted by molar-refractivity contribution is -0.133. The van der Waals surface area contributed by atoms with Gasteiger partial charge in [0, 0.05) is 32.2 Å². The summed E-state index contributed by atoms with van der Waals surface area (Å²) in [7, 11) is 3.43. The van der Waals surface area contributed by atoms with Crippen molar-refractivity contribution in [3.63, 3.8) is 0 Å². The van der Waals surface area contributed by atoms with Crippen molar-refractivity contribution in [3.8, 4) is 5.75 Å². The number of morpholine rings is 1. The zero-order chi connectivity index (χ0) is 19.2. The number of rotatable bonds is 6. The highest BCUT2D eigenvalue weighted by molar-refractivity contribution is 5.78. The van der Waals surface area contributed by atoms with Gasteiger partial charge in [-0.15, -0.1) is 0 Å². The predicted octanol–water partition coefficient (Wildman–Crippen LogP) is 2.87. The molecule has 1 aliphatic rings. The Hall–Kier alpha value is -2.44. The highest BCUT2D eigenvalue weighted by Gasteiger charge is 2.24. The summed E-state index contributed by atoms with van der Waals surface area (Å²) in [5.41, 5.74) is 1.90. The molecule has 1 heterocycles. The zero-order valence-electron chi connectivity index (χ0n) is 15.7. The van der Waals surface area contributed by atoms with Gasteiger partial charge in [0.2, 0.25) is 5.91 Å². The number of halogens is 1. The molecule has 0 bridgehead atoms. The van der Waals surface area contributed by atoms with Crippen LogP contribution in [0.3, 0.4) is 0 Å². The summed E-state index contributed by atoms with van der Waals surface area (Å²) in [6, 6.07) is 14.0. The molecule has 0 radical (unpaired) electrons. The number of nitrogens with zero attached hydrogens (tertiary/aromatic N) is 2. The molecule has 1 unspecified atom stereocenters. The van der Waals surface area contributed by atoms with Gasteiger partial charge in [0.15, 0.2) is 0 Å². The third-order valence-electron chi connectivity index (χ3n) is 4.78. The van der Waals surface area contributed by atoms with Gasteiger partial charge in [-0.1, -0.05) is 30.3 Å². The molecule has 3 rings (SSSR count). The third-order valence-corrected chi connectivity index (χ3v) is 4.78. The van der Waals surface area contributed by atoms with Crippen molar-refractivity contribution >= 4 is 5.91 Å². The largest absolute Gasteiger partial charge is 0.496 e. The maximum atomic E-state index is 13.1. The van der Waals surface area contributed by atoms with E-state index in [1.807, 2.05) is 24.3 Å². The first-order chi connectivity index (χ1) is 13.1. The predicted molar refractivity (Wildman–Crippen MR) is 101 cm³/mol. The summed E-state index contributed by atoms with van der Waals surface area (Å²) >= 11 is 0. The standard InChI is InChI=1S/C21H25FN2O3/c1-23(13-17-5-3-4-6-19(17)26-2)21(25)15-24-11-12-27-20(14-24)16-7-9-18(22)10-8-16/h3-10,20H,11-15H2,1-2H3. The second kappa shape index (κ2) is 8.97. The average Bonchev–Trinajstić information content (AvgIpc) is 2.69. The van der Waals surface area contributed by atoms with E-state index >= 15 is 0 Å². The van der Waals surface area contributed by atoms with E-state index in [-0.39, 0.29) is 17.8 Å². The number of amides is 1. The minimum absolute atomic E-state index is 0.0423. The third kappa shape index (κ3) is 5.05. The zero-order valence-corrected chi connectivity index (χ0v) is 15.7. The molecule has 0 spiro atoms. The summed E-state index contributed by atoms with van der Waals surface area (Å²) in [6.45, 7) is 2.68. The van der Waals surface area contributed by atoms with E-state index in [1.54, 1.807) is 31.2 Å². The molecule has 2 aromatic rings. The number of carbonyl (C=O) groups excluding carboxylic acids is 1. The van der Waals surface area contributed by atoms with Crippen molar-refractivity contribution in [1.29, 1.82) is 0 Å². The minimum atomic E-state index is -0.264. The lowest BCUT2D eigenvalue weighted by Gasteiger charge is -2.33. The van der Waals surface area contributed by atoms with E-state index in [1.165, 1.54) is 12.1 Å². The van der Waals surface area contributed by atoms with Gasteiger partial charge >= 0.3 is 0 Å². The molecule has 0 N–H and O–H groups in total. The molecule has 1 fully saturated rings. The van der Waals surface area contributed by atoms with Crippen LogP contribution in [0.4, 0.5) is 4.39 Å². The Morgan fingerprint density at radius 3 is 2.74 bits per heavy atom. The number of hydrogen-bond donors (Lipinski definition) is 0. The Morgan fingerprint density at radius 1 is 1.26 bits per heavy atom. The first-order valence-electron chi connectivity index (χ1n) is 9.02. The normalized spacial score (nSPS) is 17.5. The molecule has 1 amide bonds. The van der Waals surface area contributed by atoms with Gasteiger partial charge in [0.25, 0.3) is 0 Å². The van der Waals surface area contributed by atoms with Gasteiger partial charge in [-0.05, 0) is 23.8 Å². The van der Waals surface area contributed by atoms with Crippen molar-refractivity contribution in [1.82, 2.24) is 9.80 Å². The fraction of sp³-hybridized carbons (Fsp3) is 0.381. The number of methoxy groups -OCH3 is 1. The molecule has 5 nitrogen and oxygen atoms in total. The second-order valence-corrected chi connectivity index (χ2v) is 6.71. The number of hydrogen-bond acceptors (Lipinski definition) is 4. The monoisotopic (exact) mass is 372 g/mol. The number of carbonyl (C=O) groups is 1. The molecule has 27 heavy (non-hydrogen) atoms. The van der Waals surface area contributed by atoms with Crippen molar-refractivity contribution < 1.29 is 18.7 Å². The molecule has 0 aromatic heterocycles. The highest BCUT2D eigenvalue weighted by atomic mass is 19.1. The van der Waals surface area contributed by atoms with Gasteiger partial charge in [0.1, 0.15) is 11.6 Å². The van der Waals surface area contributed by atoms with E-state index in [4.69, 9.17) is 9.47 Å². The van der Waals surface area contributed by atoms with Crippen LogP contribution >= 0.6 is 0 Å². The smallest absolute Gasteiger partial charge is 0.236 e. The Labute approximate surface area is 159 Å². The Kier molecular flexibility index (Phi) is 6.42. The first-order valence-corrected chi connectivity index (χ1v) is 9.02. The van der Waals surface area contributed by atoms with Crippen LogP contribution in [0.1, 0.15) is 17.2 Å². The van der Waals surface area contributed by atoms with Crippen LogP contribution in [-0.4, -0.2) is 56.1 Å². The summed E-state index contributed by atoms with van der Waals surface area (Å²) in [5.74, 6) is 0.556. The molecule has 1 atom stereocenters. The van der Waals surface area contributed by atoms with Crippen LogP contribution in [0.2, 0.25) is 0 Å². The van der Waals surface area contributed by atoms with Gasteiger partial charge in [-0.3, -0.25) is 9.69 Å². The van der Waals surface area contributed by atoms with E-state index in [0.29, 0.717) is 32.8 Å². The Balaban J connectivity index is 1.57. The average molecular weight is 372 g/mol. The summed E-state index contributed by atoms with van der Waals surface area (Å²) in [6.07, 6.45) is -0.147. The van der Waals surface area contributed by atoms with Gasteiger partial charge < -0.3 is 14.4 Å². The first kappa shape index (κ1) is 19.3. The highest BCUT2D eigenvalue weighted by Crippen LogP contribution is 2.23. The fourth-order valence-electron chi connectivity index (χ4n) is 3.21. The van der Waals surface area contributed by atoms with Crippen LogP contribution in [0.15, 0.2) is 48.5 Å². The van der Waals surface area contributed by atoms with Crippen LogP contribution in [-0.2, 0) is 16.1 Å². The van der Waals surface area contributed by atoms with Gasteiger partial charge in [-0.25, -0.2) is 4.39 Å². The molecule has 0 aliphatic carbocycles. The van der Waals surface area contributed by atoms with Crippen LogP contribution in [0.25, 0.3) is 0 Å². The quantitative estimate of drug-likeness (QED) is 0.782. The van der Waals surface area contributed by atoms with E-state index in [0.717, 1.165) is 16.9 Å². The van der Waals surface area contributed by atoms with Crippen molar-refractivity contribution in [3.05, 3.63) is 65.5 Å². The van der Waals surface area contributed by atoms with Crippen LogP contribution in [0.5, 0.6) is 5.75 Å². The summed E-state index contributed by atoms with van der Waals surface area (Å²) in [4.78, 5) is 16.4. The van der Waals surface area contributed by atoms with Crippen LogP contribution < -0.4 is 4.74 Å². The minimum Gasteiger partial charge on any atom is -0.496 e. The molecule has 1 aliphatic heterocycles. The summed E-state index contributed by atoms with van der Waals surface area (Å²) < 4.78 is 24.3.